The molecule has 100 valence electrons. The van der Waals surface area contributed by atoms with E-state index in [1.807, 2.05) is 0 Å². The van der Waals surface area contributed by atoms with Crippen molar-refractivity contribution >= 4 is 21.4 Å². The van der Waals surface area contributed by atoms with E-state index in [-0.39, 0.29) is 34.8 Å². The van der Waals surface area contributed by atoms with E-state index >= 15 is 0 Å². The molecule has 1 saturated heterocycles. The monoisotopic (exact) mass is 272 g/mol. The van der Waals surface area contributed by atoms with Crippen molar-refractivity contribution in [2.24, 2.45) is 7.05 Å². The van der Waals surface area contributed by atoms with E-state index in [1.165, 1.54) is 10.9 Å². The van der Waals surface area contributed by atoms with Crippen LogP contribution in [-0.2, 0) is 16.9 Å². The van der Waals surface area contributed by atoms with Gasteiger partial charge < -0.3 is 11.1 Å². The number of carbonyl (C=O) groups is 1. The number of aromatic nitrogens is 2. The number of sulfone groups is 1. The van der Waals surface area contributed by atoms with Crippen LogP contribution < -0.4 is 11.1 Å². The molecular weight excluding hydrogens is 256 g/mol. The van der Waals surface area contributed by atoms with E-state index in [2.05, 4.69) is 10.4 Å². The first-order chi connectivity index (χ1) is 8.39. The Labute approximate surface area is 105 Å². The number of aryl methyl sites for hydroxylation is 1. The van der Waals surface area contributed by atoms with Crippen LogP contribution in [0.1, 0.15) is 23.3 Å². The van der Waals surface area contributed by atoms with Crippen molar-refractivity contribution in [1.29, 1.82) is 0 Å². The minimum atomic E-state index is -3.04. The molecular formula is C10H16N4O3S. The number of nitrogens with two attached hydrogens (primary N) is 1. The highest BCUT2D eigenvalue weighted by atomic mass is 32.2. The molecule has 3 N–H and O–H groups in total. The topological polar surface area (TPSA) is 107 Å². The van der Waals surface area contributed by atoms with Crippen LogP contribution >= 0.6 is 0 Å². The van der Waals surface area contributed by atoms with Gasteiger partial charge in [0, 0.05) is 13.1 Å². The van der Waals surface area contributed by atoms with Crippen molar-refractivity contribution in [1.82, 2.24) is 15.1 Å². The van der Waals surface area contributed by atoms with E-state index < -0.39 is 9.84 Å². The van der Waals surface area contributed by atoms with Crippen molar-refractivity contribution in [2.75, 3.05) is 17.2 Å². The Kier molecular flexibility index (Phi) is 3.29. The third kappa shape index (κ3) is 2.63. The molecule has 1 aromatic rings. The van der Waals surface area contributed by atoms with Gasteiger partial charge in [-0.3, -0.25) is 9.48 Å². The Morgan fingerprint density at radius 2 is 2.33 bits per heavy atom. The first kappa shape index (κ1) is 12.9. The lowest BCUT2D eigenvalue weighted by Gasteiger charge is -2.23. The predicted molar refractivity (Wildman–Crippen MR) is 66.8 cm³/mol. The summed E-state index contributed by atoms with van der Waals surface area (Å²) in [4.78, 5) is 12.0. The number of anilines is 1. The van der Waals surface area contributed by atoms with Crippen LogP contribution in [0, 0.1) is 0 Å². The first-order valence-electron chi connectivity index (χ1n) is 5.68. The molecule has 1 fully saturated rings. The summed E-state index contributed by atoms with van der Waals surface area (Å²) in [5.41, 5.74) is 6.19. The number of rotatable bonds is 2. The zero-order valence-corrected chi connectivity index (χ0v) is 10.9. The molecule has 0 bridgehead atoms. The second kappa shape index (κ2) is 4.60. The highest BCUT2D eigenvalue weighted by Crippen LogP contribution is 2.14. The Hall–Kier alpha value is -1.57. The fourth-order valence-electron chi connectivity index (χ4n) is 2.12. The zero-order valence-electron chi connectivity index (χ0n) is 10.1. The van der Waals surface area contributed by atoms with Gasteiger partial charge in [0.25, 0.3) is 5.91 Å². The van der Waals surface area contributed by atoms with Gasteiger partial charge in [0.15, 0.2) is 9.84 Å². The van der Waals surface area contributed by atoms with Gasteiger partial charge in [-0.05, 0) is 12.8 Å². The fourth-order valence-corrected chi connectivity index (χ4v) is 3.76. The number of nitrogens with one attached hydrogen (secondary N) is 1. The van der Waals surface area contributed by atoms with Crippen LogP contribution in [0.2, 0.25) is 0 Å². The van der Waals surface area contributed by atoms with Gasteiger partial charge in [-0.2, -0.15) is 5.10 Å². The summed E-state index contributed by atoms with van der Waals surface area (Å²) in [7, 11) is -1.42. The lowest BCUT2D eigenvalue weighted by molar-refractivity contribution is 0.0929. The molecule has 0 aliphatic carbocycles. The summed E-state index contributed by atoms with van der Waals surface area (Å²) in [5, 5.41) is 6.57. The summed E-state index contributed by atoms with van der Waals surface area (Å²) in [6, 6.07) is -0.342. The number of hydrogen-bond donors (Lipinski definition) is 2. The third-order valence-corrected chi connectivity index (χ3v) is 4.80. The molecule has 0 saturated carbocycles. The average molecular weight is 272 g/mol. The Morgan fingerprint density at radius 1 is 1.61 bits per heavy atom. The van der Waals surface area contributed by atoms with Crippen LogP contribution in [0.3, 0.4) is 0 Å². The molecule has 7 nitrogen and oxygen atoms in total. The maximum absolute atomic E-state index is 12.0. The highest BCUT2D eigenvalue weighted by Gasteiger charge is 2.27. The molecule has 0 aromatic carbocycles. The molecule has 1 aliphatic rings. The summed E-state index contributed by atoms with van der Waals surface area (Å²) in [6.07, 6.45) is 2.64. The standard InChI is InChI=1S/C10H16N4O3S/c1-14-9(8(11)5-12-14)10(15)13-7-3-2-4-18(16,17)6-7/h5,7H,2-4,6,11H2,1H3,(H,13,15). The van der Waals surface area contributed by atoms with Gasteiger partial charge in [0.1, 0.15) is 5.69 Å². The molecule has 18 heavy (non-hydrogen) atoms. The number of amides is 1. The summed E-state index contributed by atoms with van der Waals surface area (Å²) in [6.45, 7) is 0. The molecule has 8 heteroatoms. The van der Waals surface area contributed by atoms with Gasteiger partial charge in [-0.15, -0.1) is 0 Å². The summed E-state index contributed by atoms with van der Waals surface area (Å²) in [5.74, 6) is -0.182. The normalized spacial score (nSPS) is 22.6. The minimum absolute atomic E-state index is 0.00348. The van der Waals surface area contributed by atoms with E-state index in [0.29, 0.717) is 12.8 Å². The molecule has 0 spiro atoms. The van der Waals surface area contributed by atoms with Crippen molar-refractivity contribution in [3.63, 3.8) is 0 Å². The lowest BCUT2D eigenvalue weighted by atomic mass is 10.2. The number of hydrogen-bond acceptors (Lipinski definition) is 5. The van der Waals surface area contributed by atoms with Gasteiger partial charge in [0.05, 0.1) is 23.4 Å². The molecule has 2 heterocycles. The molecule has 1 amide bonds. The number of nitrogen functional groups attached to an aromatic ring is 1. The van der Waals surface area contributed by atoms with E-state index in [9.17, 15) is 13.2 Å². The van der Waals surface area contributed by atoms with Gasteiger partial charge >= 0.3 is 0 Å². The highest BCUT2D eigenvalue weighted by molar-refractivity contribution is 7.91. The molecule has 0 radical (unpaired) electrons. The van der Waals surface area contributed by atoms with E-state index in [0.717, 1.165) is 0 Å². The SMILES string of the molecule is Cn1ncc(N)c1C(=O)NC1CCCS(=O)(=O)C1. The average Bonchev–Trinajstić information content (AvgIpc) is 2.57. The molecule has 1 atom stereocenters. The van der Waals surface area contributed by atoms with Crippen LogP contribution in [0.25, 0.3) is 0 Å². The van der Waals surface area contributed by atoms with Crippen molar-refractivity contribution < 1.29 is 13.2 Å². The predicted octanol–water partition coefficient (Wildman–Crippen LogP) is -0.691. The Balaban J connectivity index is 2.08. The Morgan fingerprint density at radius 3 is 2.89 bits per heavy atom. The van der Waals surface area contributed by atoms with E-state index in [1.54, 1.807) is 7.05 Å². The maximum atomic E-state index is 12.0. The molecule has 1 unspecified atom stereocenters. The van der Waals surface area contributed by atoms with Gasteiger partial charge in [-0.1, -0.05) is 0 Å². The summed E-state index contributed by atoms with van der Waals surface area (Å²) < 4.78 is 24.3. The molecule has 1 aromatic heterocycles. The van der Waals surface area contributed by atoms with E-state index in [4.69, 9.17) is 5.73 Å². The fraction of sp³-hybridized carbons (Fsp3) is 0.600. The second-order valence-corrected chi connectivity index (χ2v) is 6.73. The van der Waals surface area contributed by atoms with Crippen molar-refractivity contribution in [3.05, 3.63) is 11.9 Å². The van der Waals surface area contributed by atoms with Crippen LogP contribution in [0.4, 0.5) is 5.69 Å². The third-order valence-electron chi connectivity index (χ3n) is 2.98. The molecule has 1 aliphatic heterocycles. The first-order valence-corrected chi connectivity index (χ1v) is 7.50. The Bertz CT molecular complexity index is 544. The quantitative estimate of drug-likeness (QED) is 0.741. The van der Waals surface area contributed by atoms with Gasteiger partial charge in [0.2, 0.25) is 0 Å². The minimum Gasteiger partial charge on any atom is -0.396 e. The molecule has 2 rings (SSSR count). The van der Waals surface area contributed by atoms with Crippen molar-refractivity contribution in [2.45, 2.75) is 18.9 Å². The van der Waals surface area contributed by atoms with Crippen LogP contribution in [0.15, 0.2) is 6.20 Å². The zero-order chi connectivity index (χ0) is 13.3. The number of carbonyl (C=O) groups excluding carboxylic acids is 1. The van der Waals surface area contributed by atoms with Gasteiger partial charge in [-0.25, -0.2) is 8.42 Å². The second-order valence-electron chi connectivity index (χ2n) is 4.50. The van der Waals surface area contributed by atoms with Crippen LogP contribution in [-0.4, -0.2) is 41.7 Å². The lowest BCUT2D eigenvalue weighted by Crippen LogP contribution is -2.43. The largest absolute Gasteiger partial charge is 0.396 e. The van der Waals surface area contributed by atoms with Crippen LogP contribution in [0.5, 0.6) is 0 Å². The smallest absolute Gasteiger partial charge is 0.271 e. The number of nitrogens with zero attached hydrogens (tertiary/aromatic N) is 2. The maximum Gasteiger partial charge on any atom is 0.271 e. The van der Waals surface area contributed by atoms with Crippen molar-refractivity contribution in [3.8, 4) is 0 Å². The summed E-state index contributed by atoms with van der Waals surface area (Å²) >= 11 is 0.